The van der Waals surface area contributed by atoms with Crippen molar-refractivity contribution in [1.29, 1.82) is 0 Å². The van der Waals surface area contributed by atoms with Gasteiger partial charge in [-0.25, -0.2) is 14.2 Å². The molecule has 0 saturated carbocycles. The first-order valence-corrected chi connectivity index (χ1v) is 13.7. The maximum Gasteiger partial charge on any atom is 0.279 e. The average Bonchev–Trinajstić information content (AvgIpc) is 3.61. The molecule has 0 aliphatic carbocycles. The van der Waals surface area contributed by atoms with Crippen molar-refractivity contribution in [3.05, 3.63) is 40.7 Å². The van der Waals surface area contributed by atoms with Gasteiger partial charge < -0.3 is 10.3 Å². The van der Waals surface area contributed by atoms with Gasteiger partial charge in [-0.05, 0) is 10.4 Å². The minimum absolute atomic E-state index is 0.407. The molecule has 0 fully saturated rings. The Labute approximate surface area is 231 Å². The predicted octanol–water partition coefficient (Wildman–Crippen LogP) is 3.80. The zero-order valence-electron chi connectivity index (χ0n) is 25.4. The van der Waals surface area contributed by atoms with Crippen LogP contribution in [0.25, 0.3) is 0 Å². The third-order valence-electron chi connectivity index (χ3n) is 5.56. The highest BCUT2D eigenvalue weighted by molar-refractivity contribution is 7.15. The Morgan fingerprint density at radius 1 is 0.816 bits per heavy atom. The SMILES string of the molecule is CC(C)c1nccn1C.CC(C)c1nnc(N)s1.CC(C)c1nnnn1C.Cc1n(C)nc(C(C)C)[n+]1C. The molecular weight excluding hydrogens is 500 g/mol. The first-order chi connectivity index (χ1) is 17.7. The number of rotatable bonds is 4. The molecule has 2 N–H and O–H groups in total. The van der Waals surface area contributed by atoms with E-state index < -0.39 is 0 Å². The zero-order chi connectivity index (χ0) is 29.2. The second kappa shape index (κ2) is 15.3. The molecule has 0 bridgehead atoms. The van der Waals surface area contributed by atoms with Crippen LogP contribution in [0.5, 0.6) is 0 Å². The average molecular weight is 548 g/mol. The molecule has 0 aromatic carbocycles. The Bertz CT molecular complexity index is 1170. The van der Waals surface area contributed by atoms with Crippen LogP contribution in [-0.2, 0) is 28.2 Å². The van der Waals surface area contributed by atoms with Gasteiger partial charge >= 0.3 is 0 Å². The van der Waals surface area contributed by atoms with E-state index in [0.29, 0.717) is 28.8 Å². The number of tetrazole rings is 1. The Morgan fingerprint density at radius 3 is 1.63 bits per heavy atom. The van der Waals surface area contributed by atoms with Crippen LogP contribution in [0, 0.1) is 6.92 Å². The van der Waals surface area contributed by atoms with E-state index in [-0.39, 0.29) is 0 Å². The van der Waals surface area contributed by atoms with Gasteiger partial charge in [-0.2, -0.15) is 0 Å². The van der Waals surface area contributed by atoms with Gasteiger partial charge in [-0.15, -0.1) is 20.0 Å². The van der Waals surface area contributed by atoms with Gasteiger partial charge in [0.15, 0.2) is 5.82 Å². The van der Waals surface area contributed by atoms with Gasteiger partial charge in [0.2, 0.25) is 11.0 Å². The van der Waals surface area contributed by atoms with Crippen LogP contribution in [0.2, 0.25) is 0 Å². The molecule has 4 heterocycles. The van der Waals surface area contributed by atoms with Gasteiger partial charge in [0.25, 0.3) is 5.82 Å². The molecule has 0 atom stereocenters. The number of anilines is 1. The minimum atomic E-state index is 0.407. The lowest BCUT2D eigenvalue weighted by Gasteiger charge is -2.02. The van der Waals surface area contributed by atoms with Crippen molar-refractivity contribution in [2.24, 2.45) is 28.2 Å². The summed E-state index contributed by atoms with van der Waals surface area (Å²) in [4.78, 5) is 4.18. The number of imidazole rings is 1. The van der Waals surface area contributed by atoms with Crippen LogP contribution < -0.4 is 10.3 Å². The van der Waals surface area contributed by atoms with E-state index in [0.717, 1.165) is 22.5 Å². The minimum Gasteiger partial charge on any atom is -0.374 e. The summed E-state index contributed by atoms with van der Waals surface area (Å²) in [6, 6.07) is 0. The molecule has 0 radical (unpaired) electrons. The summed E-state index contributed by atoms with van der Waals surface area (Å²) >= 11 is 1.45. The number of hydrogen-bond donors (Lipinski definition) is 1. The molecule has 4 aromatic rings. The first kappa shape index (κ1) is 32.8. The molecule has 0 aliphatic heterocycles. The lowest BCUT2D eigenvalue weighted by atomic mass is 10.2. The van der Waals surface area contributed by atoms with E-state index >= 15 is 0 Å². The topological polar surface area (TPSA) is 135 Å². The van der Waals surface area contributed by atoms with Gasteiger partial charge in [-0.1, -0.05) is 66.7 Å². The van der Waals surface area contributed by atoms with Gasteiger partial charge in [0, 0.05) is 62.2 Å². The largest absolute Gasteiger partial charge is 0.374 e. The van der Waals surface area contributed by atoms with E-state index in [2.05, 4.69) is 110 Å². The number of hydrogen-bond acceptors (Lipinski definition) is 9. The summed E-state index contributed by atoms with van der Waals surface area (Å²) in [6.45, 7) is 18.9. The highest BCUT2D eigenvalue weighted by Gasteiger charge is 2.19. The quantitative estimate of drug-likeness (QED) is 0.381. The van der Waals surface area contributed by atoms with Crippen LogP contribution in [0.1, 0.15) is 107 Å². The Morgan fingerprint density at radius 2 is 1.42 bits per heavy atom. The second-order valence-corrected chi connectivity index (χ2v) is 11.3. The van der Waals surface area contributed by atoms with E-state index in [1.165, 1.54) is 17.2 Å². The van der Waals surface area contributed by atoms with Crippen molar-refractivity contribution in [3.63, 3.8) is 0 Å². The molecule has 4 rings (SSSR count). The van der Waals surface area contributed by atoms with Crippen molar-refractivity contribution in [1.82, 2.24) is 49.7 Å². The highest BCUT2D eigenvalue weighted by atomic mass is 32.1. The third kappa shape index (κ3) is 9.92. The smallest absolute Gasteiger partial charge is 0.279 e. The van der Waals surface area contributed by atoms with E-state index in [4.69, 9.17) is 5.73 Å². The Hall–Kier alpha value is -3.22. The van der Waals surface area contributed by atoms with Crippen LogP contribution in [0.4, 0.5) is 5.13 Å². The molecule has 0 unspecified atom stereocenters. The molecule has 13 heteroatoms. The van der Waals surface area contributed by atoms with Crippen molar-refractivity contribution in [3.8, 4) is 0 Å². The second-order valence-electron chi connectivity index (χ2n) is 10.2. The monoisotopic (exact) mass is 547 g/mol. The number of nitrogen functional groups attached to an aromatic ring is 1. The highest BCUT2D eigenvalue weighted by Crippen LogP contribution is 2.19. The summed E-state index contributed by atoms with van der Waals surface area (Å²) in [7, 11) is 7.89. The fourth-order valence-corrected chi connectivity index (χ4v) is 3.93. The van der Waals surface area contributed by atoms with Crippen LogP contribution in [-0.4, -0.2) is 49.7 Å². The van der Waals surface area contributed by atoms with Crippen LogP contribution >= 0.6 is 11.3 Å². The Balaban J connectivity index is 0.000000254. The van der Waals surface area contributed by atoms with Crippen molar-refractivity contribution < 1.29 is 4.57 Å². The lowest BCUT2D eigenvalue weighted by Crippen LogP contribution is -2.35. The van der Waals surface area contributed by atoms with Crippen LogP contribution in [0.15, 0.2) is 12.4 Å². The van der Waals surface area contributed by atoms with E-state index in [9.17, 15) is 0 Å². The molecule has 212 valence electrons. The van der Waals surface area contributed by atoms with Crippen molar-refractivity contribution in [2.45, 2.75) is 86.0 Å². The summed E-state index contributed by atoms with van der Waals surface area (Å²) < 4.78 is 7.77. The fraction of sp³-hybridized carbons (Fsp3) is 0.680. The van der Waals surface area contributed by atoms with Crippen molar-refractivity contribution >= 4 is 16.5 Å². The molecule has 0 saturated heterocycles. The molecule has 12 nitrogen and oxygen atoms in total. The Kier molecular flexibility index (Phi) is 13.2. The summed E-state index contributed by atoms with van der Waals surface area (Å²) in [5, 5.41) is 24.5. The number of nitrogens with two attached hydrogens (primary N) is 1. The van der Waals surface area contributed by atoms with E-state index in [1.54, 1.807) is 4.68 Å². The lowest BCUT2D eigenvalue weighted by molar-refractivity contribution is -0.687. The zero-order valence-corrected chi connectivity index (χ0v) is 26.2. The maximum atomic E-state index is 5.36. The molecule has 0 spiro atoms. The normalized spacial score (nSPS) is 10.8. The fourth-order valence-electron chi connectivity index (χ4n) is 3.32. The summed E-state index contributed by atoms with van der Waals surface area (Å²) in [6.07, 6.45) is 3.80. The molecule has 0 aliphatic rings. The standard InChI is InChI=1S/C8H16N3.C7H12N2.C5H10N4.C5H9N3S/c1-6(2)8-9-11(5)7(3)10(8)4;1-6(2)7-8-4-5-9(7)3;1-4(2)5-6-7-8-9(5)3;1-3(2)4-7-8-5(6)9-4/h6H,1-5H3;4-6H,1-3H3;4H,1-3H3;3H,1-2H3,(H2,6,8)/q+1;;;. The summed E-state index contributed by atoms with van der Waals surface area (Å²) in [5.41, 5.74) is 5.36. The molecular formula is C25H47N12S+. The maximum absolute atomic E-state index is 5.36. The van der Waals surface area contributed by atoms with E-state index in [1.807, 2.05) is 42.8 Å². The number of nitrogens with zero attached hydrogens (tertiary/aromatic N) is 11. The third-order valence-corrected chi connectivity index (χ3v) is 6.61. The van der Waals surface area contributed by atoms with Crippen LogP contribution in [0.3, 0.4) is 0 Å². The predicted molar refractivity (Wildman–Crippen MR) is 152 cm³/mol. The van der Waals surface area contributed by atoms with Gasteiger partial charge in [0.05, 0.1) is 14.1 Å². The molecule has 4 aromatic heterocycles. The van der Waals surface area contributed by atoms with Gasteiger partial charge in [-0.3, -0.25) is 0 Å². The molecule has 0 amide bonds. The number of aromatic nitrogens is 11. The first-order valence-electron chi connectivity index (χ1n) is 12.8. The van der Waals surface area contributed by atoms with Crippen molar-refractivity contribution in [2.75, 3.05) is 5.73 Å². The molecule has 38 heavy (non-hydrogen) atoms. The summed E-state index contributed by atoms with van der Waals surface area (Å²) in [5.74, 6) is 6.29. The van der Waals surface area contributed by atoms with Gasteiger partial charge in [0.1, 0.15) is 10.8 Å². The number of aryl methyl sites for hydroxylation is 3.